The molecule has 0 amide bonds. The molecule has 0 atom stereocenters. The number of aromatic nitrogens is 2. The average molecular weight is 418 g/mol. The maximum absolute atomic E-state index is 14.4. The second-order valence-corrected chi connectivity index (χ2v) is 7.04. The highest BCUT2D eigenvalue weighted by molar-refractivity contribution is 6.15. The van der Waals surface area contributed by atoms with Gasteiger partial charge in [0.2, 0.25) is 0 Å². The second kappa shape index (κ2) is 8.62. The molecule has 6 N–H and O–H groups in total. The molecule has 0 bridgehead atoms. The number of benzene rings is 1. The summed E-state index contributed by atoms with van der Waals surface area (Å²) in [5.74, 6) is -3.11. The lowest BCUT2D eigenvalue weighted by molar-refractivity contribution is -0.555. The molecule has 158 valence electrons. The van der Waals surface area contributed by atoms with Crippen molar-refractivity contribution in [3.8, 4) is 0 Å². The Bertz CT molecular complexity index is 1000. The van der Waals surface area contributed by atoms with Crippen molar-refractivity contribution in [3.63, 3.8) is 0 Å². The second-order valence-electron chi connectivity index (χ2n) is 7.04. The van der Waals surface area contributed by atoms with Gasteiger partial charge in [0, 0.05) is 42.1 Å². The van der Waals surface area contributed by atoms with Gasteiger partial charge in [-0.25, -0.2) is 23.1 Å². The molecule has 10 heteroatoms. The van der Waals surface area contributed by atoms with Gasteiger partial charge in [-0.3, -0.25) is 5.41 Å². The van der Waals surface area contributed by atoms with Gasteiger partial charge in [0.15, 0.2) is 0 Å². The summed E-state index contributed by atoms with van der Waals surface area (Å²) in [6.07, 6.45) is 3.98. The summed E-state index contributed by atoms with van der Waals surface area (Å²) in [6.45, 7) is -0.0101. The maximum atomic E-state index is 14.4. The minimum atomic E-state index is -2.79. The lowest BCUT2D eigenvalue weighted by Crippen LogP contribution is -2.72. The molecule has 0 spiro atoms. The summed E-state index contributed by atoms with van der Waals surface area (Å²) in [7, 11) is 1.74. The number of hydrogen-bond acceptors (Lipinski definition) is 6. The van der Waals surface area contributed by atoms with Gasteiger partial charge in [-0.1, -0.05) is 0 Å². The maximum Gasteiger partial charge on any atom is 0.265 e. The van der Waals surface area contributed by atoms with Crippen molar-refractivity contribution in [2.75, 3.05) is 30.8 Å². The summed E-state index contributed by atoms with van der Waals surface area (Å²) in [4.78, 5) is 9.62. The van der Waals surface area contributed by atoms with E-state index in [-0.39, 0.29) is 34.6 Å². The number of quaternary nitrogens is 1. The predicted molar refractivity (Wildman–Crippen MR) is 110 cm³/mol. The topological polar surface area (TPSA) is 119 Å². The first-order valence-corrected chi connectivity index (χ1v) is 9.39. The fourth-order valence-electron chi connectivity index (χ4n) is 3.38. The van der Waals surface area contributed by atoms with Crippen molar-refractivity contribution in [3.05, 3.63) is 53.4 Å². The van der Waals surface area contributed by atoms with Crippen LogP contribution in [0.4, 0.5) is 24.7 Å². The number of halogens is 3. The summed E-state index contributed by atoms with van der Waals surface area (Å²) in [5.41, 5.74) is 6.74. The fourth-order valence-corrected chi connectivity index (χ4v) is 3.38. The number of nitrogens with one attached hydrogen (secondary N) is 2. The van der Waals surface area contributed by atoms with Crippen LogP contribution in [0, 0.1) is 16.6 Å². The molecule has 1 aromatic carbocycles. The highest BCUT2D eigenvalue weighted by Crippen LogP contribution is 2.30. The van der Waals surface area contributed by atoms with E-state index in [1.54, 1.807) is 18.6 Å². The van der Waals surface area contributed by atoms with E-state index in [1.807, 2.05) is 0 Å². The van der Waals surface area contributed by atoms with Crippen LogP contribution in [0.2, 0.25) is 0 Å². The average Bonchev–Trinajstić information content (AvgIpc) is 2.71. The van der Waals surface area contributed by atoms with E-state index in [1.165, 1.54) is 23.4 Å². The lowest BCUT2D eigenvalue weighted by Gasteiger charge is -2.33. The largest absolute Gasteiger partial charge is 0.398 e. The van der Waals surface area contributed by atoms with Crippen molar-refractivity contribution in [2.24, 2.45) is 0 Å². The van der Waals surface area contributed by atoms with E-state index in [0.717, 1.165) is 12.3 Å². The van der Waals surface area contributed by atoms with Crippen LogP contribution in [0.15, 0.2) is 30.7 Å². The van der Waals surface area contributed by atoms with E-state index >= 15 is 0 Å². The van der Waals surface area contributed by atoms with Gasteiger partial charge in [-0.15, -0.1) is 0 Å². The Hall–Kier alpha value is -3.27. The number of rotatable bonds is 6. The Balaban J connectivity index is 1.97. The van der Waals surface area contributed by atoms with Gasteiger partial charge in [0.05, 0.1) is 30.6 Å². The zero-order chi connectivity index (χ0) is 21.9. The van der Waals surface area contributed by atoms with Crippen molar-refractivity contribution in [1.29, 1.82) is 10.8 Å². The molecule has 0 saturated carbocycles. The number of nitrogen functional groups attached to an aromatic ring is 1. The number of allylic oxidation sites excluding steroid dienone is 1. The number of alkyl halides is 2. The SMILES string of the molecule is C[NH2+]/C=C(\C=N)c1cc(C(=N)c2cc(N3CCCC(F)(F)C3)ncn2)c(N)cc1F. The molecule has 0 radical (unpaired) electrons. The van der Waals surface area contributed by atoms with Gasteiger partial charge >= 0.3 is 0 Å². The molecule has 1 fully saturated rings. The molecule has 1 aliphatic rings. The molecular weight excluding hydrogens is 395 g/mol. The van der Waals surface area contributed by atoms with Crippen LogP contribution in [0.5, 0.6) is 0 Å². The van der Waals surface area contributed by atoms with Crippen LogP contribution >= 0.6 is 0 Å². The Kier molecular flexibility index (Phi) is 6.16. The quantitative estimate of drug-likeness (QED) is 0.424. The number of anilines is 2. The number of nitrogens with two attached hydrogens (primary N) is 2. The van der Waals surface area contributed by atoms with Crippen LogP contribution in [0.3, 0.4) is 0 Å². The Morgan fingerprint density at radius 3 is 2.70 bits per heavy atom. The standard InChI is InChI=1S/C20H22F3N7/c1-27-9-12(8-24)13-5-14(16(25)6-15(13)21)19(26)17-7-18(29-11-28-17)30-4-2-3-20(22,23)10-30/h5-9,11,24,26-27H,2-4,10,25H2,1H3/p+1/b12-9+,24-8?,26-19?. The van der Waals surface area contributed by atoms with Crippen molar-refractivity contribution in [2.45, 2.75) is 18.8 Å². The first-order valence-electron chi connectivity index (χ1n) is 9.39. The normalized spacial score (nSPS) is 16.4. The summed E-state index contributed by atoms with van der Waals surface area (Å²) < 4.78 is 42.0. The molecule has 7 nitrogen and oxygen atoms in total. The Morgan fingerprint density at radius 2 is 2.03 bits per heavy atom. The van der Waals surface area contributed by atoms with Gasteiger partial charge < -0.3 is 21.4 Å². The molecular formula is C20H23F3N7+. The third kappa shape index (κ3) is 4.48. The lowest BCUT2D eigenvalue weighted by atomic mass is 9.98. The number of hydrogen-bond donors (Lipinski definition) is 4. The zero-order valence-electron chi connectivity index (χ0n) is 16.4. The number of nitrogens with zero attached hydrogens (tertiary/aromatic N) is 3. The van der Waals surface area contributed by atoms with Crippen LogP contribution in [-0.4, -0.2) is 48.0 Å². The highest BCUT2D eigenvalue weighted by atomic mass is 19.3. The Morgan fingerprint density at radius 1 is 1.27 bits per heavy atom. The first kappa shape index (κ1) is 21.4. The van der Waals surface area contributed by atoms with Crippen molar-refractivity contribution in [1.82, 2.24) is 9.97 Å². The first-order chi connectivity index (χ1) is 14.3. The number of piperidine rings is 1. The monoisotopic (exact) mass is 418 g/mol. The van der Waals surface area contributed by atoms with Crippen LogP contribution in [-0.2, 0) is 0 Å². The van der Waals surface area contributed by atoms with E-state index < -0.39 is 18.3 Å². The molecule has 1 aromatic heterocycles. The summed E-state index contributed by atoms with van der Waals surface area (Å²) in [5, 5.41) is 17.7. The van der Waals surface area contributed by atoms with Crippen molar-refractivity contribution >= 4 is 29.0 Å². The third-order valence-electron chi connectivity index (χ3n) is 4.85. The molecule has 2 heterocycles. The van der Waals surface area contributed by atoms with E-state index in [9.17, 15) is 13.2 Å². The Labute approximate surface area is 171 Å². The van der Waals surface area contributed by atoms with Crippen LogP contribution in [0.25, 0.3) is 5.57 Å². The van der Waals surface area contributed by atoms with Crippen molar-refractivity contribution < 1.29 is 18.5 Å². The smallest absolute Gasteiger partial charge is 0.265 e. The molecule has 1 aliphatic heterocycles. The fraction of sp³-hybridized carbons (Fsp3) is 0.300. The molecule has 3 rings (SSSR count). The third-order valence-corrected chi connectivity index (χ3v) is 4.85. The minimum absolute atomic E-state index is 0.0377. The van der Waals surface area contributed by atoms with Gasteiger partial charge in [-0.05, 0) is 18.6 Å². The van der Waals surface area contributed by atoms with E-state index in [0.29, 0.717) is 24.4 Å². The zero-order valence-corrected chi connectivity index (χ0v) is 16.4. The van der Waals surface area contributed by atoms with E-state index in [4.69, 9.17) is 16.6 Å². The molecule has 1 saturated heterocycles. The molecule has 0 unspecified atom stereocenters. The molecule has 0 aliphatic carbocycles. The van der Waals surface area contributed by atoms with Gasteiger partial charge in [-0.2, -0.15) is 0 Å². The van der Waals surface area contributed by atoms with E-state index in [2.05, 4.69) is 9.97 Å². The summed E-state index contributed by atoms with van der Waals surface area (Å²) >= 11 is 0. The highest BCUT2D eigenvalue weighted by Gasteiger charge is 2.35. The van der Waals surface area contributed by atoms with Crippen LogP contribution < -0.4 is 16.0 Å². The molecule has 30 heavy (non-hydrogen) atoms. The molecule has 2 aromatic rings. The van der Waals surface area contributed by atoms with Crippen LogP contribution in [0.1, 0.15) is 29.7 Å². The summed E-state index contributed by atoms with van der Waals surface area (Å²) in [6, 6.07) is 3.95. The van der Waals surface area contributed by atoms with Gasteiger partial charge in [0.1, 0.15) is 24.2 Å². The van der Waals surface area contributed by atoms with Gasteiger partial charge in [0.25, 0.3) is 5.92 Å². The minimum Gasteiger partial charge on any atom is -0.398 e. The predicted octanol–water partition coefficient (Wildman–Crippen LogP) is 2.03.